The maximum absolute atomic E-state index is 13.3. The smallest absolute Gasteiger partial charge is 0.333 e. The summed E-state index contributed by atoms with van der Waals surface area (Å²) in [5, 5.41) is 10.0. The predicted molar refractivity (Wildman–Crippen MR) is 59.1 cm³/mol. The molecule has 0 aliphatic heterocycles. The molecule has 1 unspecified atom stereocenters. The first-order chi connectivity index (χ1) is 6.92. The van der Waals surface area contributed by atoms with Crippen molar-refractivity contribution in [2.24, 2.45) is 0 Å². The van der Waals surface area contributed by atoms with Crippen molar-refractivity contribution in [2.75, 3.05) is 0 Å². The standard InChI is InChI=1S/C11H13BrF2O/c1-2-8-10(15,11(12,13)14)9-6-4-3-5-7-9/h3-7,15H,2,8H2,1H3. The number of alkyl halides is 3. The highest BCUT2D eigenvalue weighted by molar-refractivity contribution is 9.10. The molecule has 1 aromatic rings. The Morgan fingerprint density at radius 1 is 1.27 bits per heavy atom. The Morgan fingerprint density at radius 3 is 2.20 bits per heavy atom. The van der Waals surface area contributed by atoms with Crippen molar-refractivity contribution in [2.45, 2.75) is 30.2 Å². The van der Waals surface area contributed by atoms with Gasteiger partial charge in [-0.1, -0.05) is 43.7 Å². The zero-order valence-corrected chi connectivity index (χ0v) is 9.97. The van der Waals surface area contributed by atoms with Crippen molar-refractivity contribution in [3.63, 3.8) is 0 Å². The third-order valence-corrected chi connectivity index (χ3v) is 2.99. The first-order valence-electron chi connectivity index (χ1n) is 4.76. The van der Waals surface area contributed by atoms with E-state index in [4.69, 9.17) is 0 Å². The van der Waals surface area contributed by atoms with E-state index in [0.29, 0.717) is 6.42 Å². The maximum atomic E-state index is 13.3. The van der Waals surface area contributed by atoms with Crippen LogP contribution in [0.4, 0.5) is 8.78 Å². The van der Waals surface area contributed by atoms with Crippen LogP contribution in [0.3, 0.4) is 0 Å². The summed E-state index contributed by atoms with van der Waals surface area (Å²) in [6.07, 6.45) is 0.488. The molecule has 0 bridgehead atoms. The maximum Gasteiger partial charge on any atom is 0.333 e. The molecule has 0 radical (unpaired) electrons. The van der Waals surface area contributed by atoms with Crippen molar-refractivity contribution in [1.29, 1.82) is 0 Å². The number of hydrogen-bond acceptors (Lipinski definition) is 1. The topological polar surface area (TPSA) is 20.2 Å². The second-order valence-corrected chi connectivity index (χ2v) is 4.47. The minimum absolute atomic E-state index is 0.00919. The summed E-state index contributed by atoms with van der Waals surface area (Å²) >= 11 is 2.26. The Hall–Kier alpha value is -0.480. The van der Waals surface area contributed by atoms with Crippen LogP contribution in [0.15, 0.2) is 30.3 Å². The van der Waals surface area contributed by atoms with E-state index < -0.39 is 10.4 Å². The van der Waals surface area contributed by atoms with Crippen LogP contribution in [0.1, 0.15) is 25.3 Å². The first-order valence-corrected chi connectivity index (χ1v) is 5.55. The second-order valence-electron chi connectivity index (χ2n) is 3.47. The molecular weight excluding hydrogens is 266 g/mol. The molecule has 0 aliphatic rings. The van der Waals surface area contributed by atoms with Crippen LogP contribution in [0.25, 0.3) is 0 Å². The van der Waals surface area contributed by atoms with E-state index in [-0.39, 0.29) is 12.0 Å². The minimum Gasteiger partial charge on any atom is -0.378 e. The van der Waals surface area contributed by atoms with Crippen molar-refractivity contribution < 1.29 is 13.9 Å². The zero-order valence-electron chi connectivity index (χ0n) is 8.38. The lowest BCUT2D eigenvalue weighted by molar-refractivity contribution is -0.127. The minimum atomic E-state index is -3.32. The van der Waals surface area contributed by atoms with Crippen molar-refractivity contribution in [3.8, 4) is 0 Å². The predicted octanol–water partition coefficient (Wildman–Crippen LogP) is 3.66. The van der Waals surface area contributed by atoms with Crippen molar-refractivity contribution in [1.82, 2.24) is 0 Å². The average Bonchev–Trinajstić information content (AvgIpc) is 2.18. The number of aliphatic hydroxyl groups is 1. The average molecular weight is 279 g/mol. The van der Waals surface area contributed by atoms with Gasteiger partial charge in [0.25, 0.3) is 0 Å². The Kier molecular flexibility index (Phi) is 3.84. The Labute approximate surface area is 96.2 Å². The largest absolute Gasteiger partial charge is 0.378 e. The summed E-state index contributed by atoms with van der Waals surface area (Å²) in [4.78, 5) is -3.32. The fourth-order valence-corrected chi connectivity index (χ4v) is 1.95. The van der Waals surface area contributed by atoms with Gasteiger partial charge in [0.05, 0.1) is 0 Å². The molecule has 0 heterocycles. The van der Waals surface area contributed by atoms with E-state index in [1.165, 1.54) is 12.1 Å². The summed E-state index contributed by atoms with van der Waals surface area (Å²) in [5.41, 5.74) is -1.91. The zero-order chi connectivity index (χ0) is 11.5. The lowest BCUT2D eigenvalue weighted by Gasteiger charge is -2.32. The van der Waals surface area contributed by atoms with Crippen LogP contribution in [0.5, 0.6) is 0 Å². The monoisotopic (exact) mass is 278 g/mol. The lowest BCUT2D eigenvalue weighted by Crippen LogP contribution is -2.40. The fourth-order valence-electron chi connectivity index (χ4n) is 1.53. The molecule has 0 aliphatic carbocycles. The van der Waals surface area contributed by atoms with Crippen LogP contribution in [0.2, 0.25) is 0 Å². The summed E-state index contributed by atoms with van der Waals surface area (Å²) in [6.45, 7) is 1.76. The van der Waals surface area contributed by atoms with Gasteiger partial charge in [0.15, 0.2) is 5.60 Å². The second kappa shape index (κ2) is 4.58. The van der Waals surface area contributed by atoms with Gasteiger partial charge in [-0.05, 0) is 27.9 Å². The quantitative estimate of drug-likeness (QED) is 0.834. The molecule has 1 aromatic carbocycles. The first kappa shape index (κ1) is 12.6. The summed E-state index contributed by atoms with van der Waals surface area (Å²) in [7, 11) is 0. The van der Waals surface area contributed by atoms with Gasteiger partial charge >= 0.3 is 4.83 Å². The molecule has 0 spiro atoms. The van der Waals surface area contributed by atoms with Gasteiger partial charge in [-0.3, -0.25) is 0 Å². The Morgan fingerprint density at radius 2 is 1.80 bits per heavy atom. The van der Waals surface area contributed by atoms with E-state index in [1.54, 1.807) is 25.1 Å². The summed E-state index contributed by atoms with van der Waals surface area (Å²) in [6, 6.07) is 8.00. The van der Waals surface area contributed by atoms with E-state index in [2.05, 4.69) is 15.9 Å². The molecule has 0 saturated carbocycles. The van der Waals surface area contributed by atoms with E-state index in [0.717, 1.165) is 0 Å². The molecule has 0 fully saturated rings. The van der Waals surface area contributed by atoms with Gasteiger partial charge in [-0.2, -0.15) is 8.78 Å². The molecule has 0 saturated heterocycles. The van der Waals surface area contributed by atoms with Gasteiger partial charge in [-0.15, -0.1) is 0 Å². The highest BCUT2D eigenvalue weighted by Gasteiger charge is 2.50. The third kappa shape index (κ3) is 2.55. The van der Waals surface area contributed by atoms with Gasteiger partial charge in [0.1, 0.15) is 0 Å². The van der Waals surface area contributed by atoms with Crippen LogP contribution in [-0.4, -0.2) is 9.94 Å². The Bertz CT molecular complexity index is 310. The van der Waals surface area contributed by atoms with Crippen LogP contribution < -0.4 is 0 Å². The molecule has 84 valence electrons. The van der Waals surface area contributed by atoms with E-state index >= 15 is 0 Å². The molecule has 0 aromatic heterocycles. The Balaban J connectivity index is 3.13. The van der Waals surface area contributed by atoms with Crippen LogP contribution in [-0.2, 0) is 5.60 Å². The fraction of sp³-hybridized carbons (Fsp3) is 0.455. The summed E-state index contributed by atoms with van der Waals surface area (Å²) < 4.78 is 26.6. The molecular formula is C11H13BrF2O. The molecule has 1 atom stereocenters. The number of benzene rings is 1. The number of hydrogen-bond donors (Lipinski definition) is 1. The normalized spacial score (nSPS) is 16.1. The van der Waals surface area contributed by atoms with Crippen molar-refractivity contribution in [3.05, 3.63) is 35.9 Å². The van der Waals surface area contributed by atoms with Crippen molar-refractivity contribution >= 4 is 15.9 Å². The highest BCUT2D eigenvalue weighted by atomic mass is 79.9. The van der Waals surface area contributed by atoms with Crippen LogP contribution in [0, 0.1) is 0 Å². The molecule has 1 N–H and O–H groups in total. The lowest BCUT2D eigenvalue weighted by atomic mass is 9.90. The molecule has 15 heavy (non-hydrogen) atoms. The van der Waals surface area contributed by atoms with Gasteiger partial charge in [0, 0.05) is 0 Å². The van der Waals surface area contributed by atoms with Gasteiger partial charge in [-0.25, -0.2) is 0 Å². The molecule has 0 amide bonds. The van der Waals surface area contributed by atoms with E-state index in [9.17, 15) is 13.9 Å². The molecule has 4 heteroatoms. The van der Waals surface area contributed by atoms with Crippen LogP contribution >= 0.6 is 15.9 Å². The third-order valence-electron chi connectivity index (χ3n) is 2.33. The highest BCUT2D eigenvalue weighted by Crippen LogP contribution is 2.45. The number of halogens is 3. The number of rotatable bonds is 4. The van der Waals surface area contributed by atoms with Gasteiger partial charge < -0.3 is 5.11 Å². The summed E-state index contributed by atoms with van der Waals surface area (Å²) in [5.74, 6) is 0. The molecule has 1 rings (SSSR count). The van der Waals surface area contributed by atoms with Gasteiger partial charge in [0.2, 0.25) is 0 Å². The molecule has 1 nitrogen and oxygen atoms in total. The van der Waals surface area contributed by atoms with E-state index in [1.807, 2.05) is 0 Å². The SMILES string of the molecule is CCCC(O)(c1ccccc1)C(F)(F)Br.